The Bertz CT molecular complexity index is 483. The zero-order chi connectivity index (χ0) is 20.3. The highest BCUT2D eigenvalue weighted by molar-refractivity contribution is 5.84. The molecule has 1 aliphatic rings. The molecular weight excluding hydrogens is 344 g/mol. The Morgan fingerprint density at radius 3 is 2.63 bits per heavy atom. The molecule has 1 aliphatic carbocycles. The van der Waals surface area contributed by atoms with Crippen molar-refractivity contribution >= 4 is 11.8 Å². The van der Waals surface area contributed by atoms with E-state index in [0.29, 0.717) is 12.8 Å². The average Bonchev–Trinajstić information content (AvgIpc) is 2.89. The summed E-state index contributed by atoms with van der Waals surface area (Å²) in [5.74, 6) is -0.305. The molecule has 0 amide bonds. The molecule has 0 heterocycles. The Kier molecular flexibility index (Phi) is 10.9. The van der Waals surface area contributed by atoms with Gasteiger partial charge in [-0.15, -0.1) is 0 Å². The van der Waals surface area contributed by atoms with Gasteiger partial charge in [-0.2, -0.15) is 0 Å². The predicted octanol–water partition coefficient (Wildman–Crippen LogP) is 3.95. The number of unbranched alkanes of at least 4 members (excludes halogenated alkanes) is 4. The van der Waals surface area contributed by atoms with Crippen LogP contribution >= 0.6 is 0 Å². The van der Waals surface area contributed by atoms with Gasteiger partial charge in [-0.25, -0.2) is 0 Å². The van der Waals surface area contributed by atoms with Crippen LogP contribution in [0.2, 0.25) is 0 Å². The minimum absolute atomic E-state index is 0.127. The molecule has 1 rings (SSSR count). The third-order valence-corrected chi connectivity index (χ3v) is 5.59. The van der Waals surface area contributed by atoms with Crippen molar-refractivity contribution in [3.8, 4) is 0 Å². The summed E-state index contributed by atoms with van der Waals surface area (Å²) < 4.78 is 4.62. The van der Waals surface area contributed by atoms with Crippen LogP contribution in [-0.4, -0.2) is 40.8 Å². The van der Waals surface area contributed by atoms with Crippen molar-refractivity contribution < 1.29 is 24.5 Å². The Labute approximate surface area is 164 Å². The molecule has 0 aliphatic heterocycles. The van der Waals surface area contributed by atoms with Gasteiger partial charge in [0.25, 0.3) is 0 Å². The van der Waals surface area contributed by atoms with Crippen LogP contribution in [0.25, 0.3) is 0 Å². The standard InChI is InChI=1S/C22H38O5/c1-4-5-14-22(2,26)15-10-12-18-17(19(23)16-20(18)24)11-8-6-7-9-13-21(25)27-3/h10,12,17-18,20,24,26H,4-9,11,13-16H2,1-3H3/t17?,18-,20-,22+/m1/s1. The summed E-state index contributed by atoms with van der Waals surface area (Å²) in [7, 11) is 1.40. The third kappa shape index (κ3) is 9.02. The van der Waals surface area contributed by atoms with Gasteiger partial charge in [-0.05, 0) is 32.6 Å². The van der Waals surface area contributed by atoms with E-state index in [2.05, 4.69) is 11.7 Å². The number of hydrogen-bond acceptors (Lipinski definition) is 5. The zero-order valence-corrected chi connectivity index (χ0v) is 17.3. The average molecular weight is 383 g/mol. The van der Waals surface area contributed by atoms with E-state index >= 15 is 0 Å². The summed E-state index contributed by atoms with van der Waals surface area (Å²) in [5, 5.41) is 20.6. The number of rotatable bonds is 13. The summed E-state index contributed by atoms with van der Waals surface area (Å²) >= 11 is 0. The van der Waals surface area contributed by atoms with Crippen LogP contribution in [0, 0.1) is 11.8 Å². The van der Waals surface area contributed by atoms with Gasteiger partial charge in [-0.3, -0.25) is 9.59 Å². The highest BCUT2D eigenvalue weighted by atomic mass is 16.5. The van der Waals surface area contributed by atoms with Gasteiger partial charge in [0.2, 0.25) is 0 Å². The molecule has 0 saturated heterocycles. The fourth-order valence-electron chi connectivity index (χ4n) is 3.82. The molecule has 5 nitrogen and oxygen atoms in total. The molecule has 0 bridgehead atoms. The maximum absolute atomic E-state index is 12.2. The van der Waals surface area contributed by atoms with Crippen molar-refractivity contribution in [2.45, 2.75) is 96.2 Å². The molecule has 2 N–H and O–H groups in total. The summed E-state index contributed by atoms with van der Waals surface area (Å²) in [6.07, 6.45) is 11.7. The first-order valence-corrected chi connectivity index (χ1v) is 10.5. The van der Waals surface area contributed by atoms with Crippen molar-refractivity contribution in [2.75, 3.05) is 7.11 Å². The Balaban J connectivity index is 2.42. The number of ketones is 1. The number of aliphatic hydroxyl groups is 2. The van der Waals surface area contributed by atoms with Gasteiger partial charge in [0.15, 0.2) is 0 Å². The van der Waals surface area contributed by atoms with Crippen LogP contribution in [0.5, 0.6) is 0 Å². The lowest BCUT2D eigenvalue weighted by Gasteiger charge is -2.22. The van der Waals surface area contributed by atoms with Crippen LogP contribution in [-0.2, 0) is 14.3 Å². The quantitative estimate of drug-likeness (QED) is 0.286. The molecule has 1 unspecified atom stereocenters. The molecule has 27 heavy (non-hydrogen) atoms. The smallest absolute Gasteiger partial charge is 0.305 e. The number of carbonyl (C=O) groups is 2. The van der Waals surface area contributed by atoms with E-state index in [0.717, 1.165) is 51.4 Å². The molecule has 0 aromatic heterocycles. The van der Waals surface area contributed by atoms with Crippen molar-refractivity contribution in [2.24, 2.45) is 11.8 Å². The van der Waals surface area contributed by atoms with Gasteiger partial charge in [0.1, 0.15) is 5.78 Å². The number of Topliss-reactive ketones (excluding diaryl/α,β-unsaturated/α-hetero) is 1. The van der Waals surface area contributed by atoms with Gasteiger partial charge < -0.3 is 14.9 Å². The molecule has 0 aromatic carbocycles. The minimum atomic E-state index is -0.727. The Morgan fingerprint density at radius 1 is 1.26 bits per heavy atom. The number of ether oxygens (including phenoxy) is 1. The summed E-state index contributed by atoms with van der Waals surface area (Å²) in [6, 6.07) is 0. The SMILES string of the molecule is CCCC[C@](C)(O)CC=C[C@@H]1C(CCCCCCC(=O)OC)C(=O)C[C@H]1O. The van der Waals surface area contributed by atoms with Gasteiger partial charge in [0.05, 0.1) is 18.8 Å². The van der Waals surface area contributed by atoms with Crippen LogP contribution < -0.4 is 0 Å². The molecule has 0 spiro atoms. The maximum atomic E-state index is 12.2. The van der Waals surface area contributed by atoms with Gasteiger partial charge in [-0.1, -0.05) is 51.2 Å². The fraction of sp³-hybridized carbons (Fsp3) is 0.818. The Hall–Kier alpha value is -1.20. The lowest BCUT2D eigenvalue weighted by atomic mass is 9.87. The normalized spacial score (nSPS) is 25.1. The molecule has 156 valence electrons. The van der Waals surface area contributed by atoms with Crippen molar-refractivity contribution in [1.82, 2.24) is 0 Å². The van der Waals surface area contributed by atoms with Crippen molar-refractivity contribution in [3.63, 3.8) is 0 Å². The zero-order valence-electron chi connectivity index (χ0n) is 17.3. The fourth-order valence-corrected chi connectivity index (χ4v) is 3.82. The molecule has 0 aromatic rings. The van der Waals surface area contributed by atoms with Crippen LogP contribution in [0.4, 0.5) is 0 Å². The monoisotopic (exact) mass is 382 g/mol. The molecule has 1 fully saturated rings. The van der Waals surface area contributed by atoms with E-state index in [1.165, 1.54) is 7.11 Å². The summed E-state index contributed by atoms with van der Waals surface area (Å²) in [4.78, 5) is 23.3. The van der Waals surface area contributed by atoms with Gasteiger partial charge >= 0.3 is 5.97 Å². The molecular formula is C22H38O5. The van der Waals surface area contributed by atoms with Crippen molar-refractivity contribution in [3.05, 3.63) is 12.2 Å². The maximum Gasteiger partial charge on any atom is 0.305 e. The summed E-state index contributed by atoms with van der Waals surface area (Å²) in [6.45, 7) is 3.95. The third-order valence-electron chi connectivity index (χ3n) is 5.59. The number of methoxy groups -OCH3 is 1. The largest absolute Gasteiger partial charge is 0.469 e. The highest BCUT2D eigenvalue weighted by Crippen LogP contribution is 2.34. The van der Waals surface area contributed by atoms with Crippen LogP contribution in [0.3, 0.4) is 0 Å². The van der Waals surface area contributed by atoms with E-state index in [-0.39, 0.29) is 30.0 Å². The number of carbonyl (C=O) groups excluding carboxylic acids is 2. The molecule has 5 heteroatoms. The second kappa shape index (κ2) is 12.3. The highest BCUT2D eigenvalue weighted by Gasteiger charge is 2.39. The van der Waals surface area contributed by atoms with E-state index < -0.39 is 11.7 Å². The second-order valence-corrected chi connectivity index (χ2v) is 8.18. The molecule has 0 radical (unpaired) electrons. The van der Waals surface area contributed by atoms with Crippen LogP contribution in [0.1, 0.15) is 84.5 Å². The van der Waals surface area contributed by atoms with Gasteiger partial charge in [0, 0.05) is 24.7 Å². The first kappa shape index (κ1) is 23.8. The molecule has 1 saturated carbocycles. The van der Waals surface area contributed by atoms with E-state index in [4.69, 9.17) is 0 Å². The van der Waals surface area contributed by atoms with E-state index in [1.54, 1.807) is 0 Å². The van der Waals surface area contributed by atoms with E-state index in [9.17, 15) is 19.8 Å². The topological polar surface area (TPSA) is 83.8 Å². The lowest BCUT2D eigenvalue weighted by molar-refractivity contribution is -0.140. The lowest BCUT2D eigenvalue weighted by Crippen LogP contribution is -2.23. The summed E-state index contributed by atoms with van der Waals surface area (Å²) in [5.41, 5.74) is -0.727. The second-order valence-electron chi connectivity index (χ2n) is 8.18. The minimum Gasteiger partial charge on any atom is -0.469 e. The Morgan fingerprint density at radius 2 is 1.96 bits per heavy atom. The van der Waals surface area contributed by atoms with Crippen molar-refractivity contribution in [1.29, 1.82) is 0 Å². The van der Waals surface area contributed by atoms with Crippen LogP contribution in [0.15, 0.2) is 12.2 Å². The number of esters is 1. The number of hydrogen-bond donors (Lipinski definition) is 2. The first-order chi connectivity index (χ1) is 12.8. The number of aliphatic hydroxyl groups excluding tert-OH is 1. The predicted molar refractivity (Wildman–Crippen MR) is 106 cm³/mol. The molecule has 4 atom stereocenters. The van der Waals surface area contributed by atoms with E-state index in [1.807, 2.05) is 19.1 Å². The first-order valence-electron chi connectivity index (χ1n) is 10.5.